The number of hydrogen-bond acceptors (Lipinski definition) is 6. The van der Waals surface area contributed by atoms with Gasteiger partial charge in [-0.15, -0.1) is 0 Å². The first kappa shape index (κ1) is 22.2. The number of esters is 1. The molecule has 0 aliphatic rings. The van der Waals surface area contributed by atoms with E-state index < -0.39 is 5.97 Å². The van der Waals surface area contributed by atoms with Gasteiger partial charge in [-0.25, -0.2) is 9.78 Å². The molecule has 156 valence electrons. The molecule has 0 aliphatic heterocycles. The standard InChI is InChI=1S/C21H19Br2N3O4/c1-3-19-25-17-7-5-15(23)10-16(17)21(28)26(19)24-11-13-9-14(22)6-8-18(13)30-12-20(27)29-4-2/h5-11H,3-4,12H2,1-2H3. The molecule has 30 heavy (non-hydrogen) atoms. The Morgan fingerprint density at radius 3 is 2.63 bits per heavy atom. The Morgan fingerprint density at radius 2 is 1.90 bits per heavy atom. The summed E-state index contributed by atoms with van der Waals surface area (Å²) in [5, 5.41) is 4.84. The second-order valence-electron chi connectivity index (χ2n) is 6.18. The largest absolute Gasteiger partial charge is 0.481 e. The molecule has 9 heteroatoms. The number of aryl methyl sites for hydroxylation is 1. The molecule has 0 N–H and O–H groups in total. The maximum Gasteiger partial charge on any atom is 0.344 e. The summed E-state index contributed by atoms with van der Waals surface area (Å²) in [7, 11) is 0. The van der Waals surface area contributed by atoms with Gasteiger partial charge in [-0.2, -0.15) is 9.78 Å². The highest BCUT2D eigenvalue weighted by molar-refractivity contribution is 9.10. The summed E-state index contributed by atoms with van der Waals surface area (Å²) in [6.07, 6.45) is 2.04. The number of ether oxygens (including phenoxy) is 2. The van der Waals surface area contributed by atoms with Crippen LogP contribution >= 0.6 is 31.9 Å². The Kier molecular flexibility index (Phi) is 7.38. The van der Waals surface area contributed by atoms with Crippen LogP contribution in [0.25, 0.3) is 10.9 Å². The van der Waals surface area contributed by atoms with Crippen molar-refractivity contribution in [3.05, 3.63) is 67.1 Å². The van der Waals surface area contributed by atoms with Crippen molar-refractivity contribution in [3.8, 4) is 5.75 Å². The molecule has 2 aromatic carbocycles. The minimum atomic E-state index is -0.461. The minimum Gasteiger partial charge on any atom is -0.481 e. The minimum absolute atomic E-state index is 0.220. The number of hydrogen-bond donors (Lipinski definition) is 0. The molecular formula is C21H19Br2N3O4. The van der Waals surface area contributed by atoms with Crippen molar-refractivity contribution in [2.24, 2.45) is 5.10 Å². The fourth-order valence-corrected chi connectivity index (χ4v) is 3.49. The number of carbonyl (C=O) groups is 1. The highest BCUT2D eigenvalue weighted by atomic mass is 79.9. The monoisotopic (exact) mass is 535 g/mol. The summed E-state index contributed by atoms with van der Waals surface area (Å²) in [6, 6.07) is 10.6. The molecule has 0 aliphatic carbocycles. The van der Waals surface area contributed by atoms with E-state index in [0.717, 1.165) is 8.95 Å². The van der Waals surface area contributed by atoms with Crippen molar-refractivity contribution in [2.45, 2.75) is 20.3 Å². The summed E-state index contributed by atoms with van der Waals surface area (Å²) < 4.78 is 13.3. The Hall–Kier alpha value is -2.52. The third kappa shape index (κ3) is 5.14. The van der Waals surface area contributed by atoms with Gasteiger partial charge >= 0.3 is 5.97 Å². The molecule has 0 fully saturated rings. The Morgan fingerprint density at radius 1 is 1.17 bits per heavy atom. The topological polar surface area (TPSA) is 82.8 Å². The summed E-state index contributed by atoms with van der Waals surface area (Å²) in [6.45, 7) is 3.70. The Labute approximate surface area is 190 Å². The predicted octanol–water partition coefficient (Wildman–Crippen LogP) is 4.31. The molecule has 0 unspecified atom stereocenters. The van der Waals surface area contributed by atoms with Crippen LogP contribution in [-0.4, -0.2) is 35.1 Å². The average Bonchev–Trinajstić information content (AvgIpc) is 2.72. The van der Waals surface area contributed by atoms with E-state index in [9.17, 15) is 9.59 Å². The molecule has 0 bridgehead atoms. The molecule has 1 heterocycles. The lowest BCUT2D eigenvalue weighted by Crippen LogP contribution is -2.22. The van der Waals surface area contributed by atoms with Gasteiger partial charge in [-0.3, -0.25) is 4.79 Å². The molecular weight excluding hydrogens is 518 g/mol. The highest BCUT2D eigenvalue weighted by Crippen LogP contribution is 2.22. The third-order valence-corrected chi connectivity index (χ3v) is 5.11. The molecule has 0 saturated carbocycles. The van der Waals surface area contributed by atoms with Crippen LogP contribution in [0.2, 0.25) is 0 Å². The predicted molar refractivity (Wildman–Crippen MR) is 122 cm³/mol. The summed E-state index contributed by atoms with van der Waals surface area (Å²) in [5.41, 5.74) is 0.947. The second-order valence-corrected chi connectivity index (χ2v) is 8.01. The molecule has 3 aromatic rings. The van der Waals surface area contributed by atoms with Gasteiger partial charge in [0.15, 0.2) is 6.61 Å². The van der Waals surface area contributed by atoms with E-state index in [1.165, 1.54) is 10.9 Å². The van der Waals surface area contributed by atoms with Crippen LogP contribution in [0.15, 0.2) is 55.2 Å². The van der Waals surface area contributed by atoms with E-state index in [4.69, 9.17) is 9.47 Å². The van der Waals surface area contributed by atoms with Gasteiger partial charge < -0.3 is 9.47 Å². The van der Waals surface area contributed by atoms with Gasteiger partial charge in [0.2, 0.25) is 0 Å². The molecule has 0 saturated heterocycles. The zero-order valence-electron chi connectivity index (χ0n) is 16.4. The molecule has 0 atom stereocenters. The van der Waals surface area contributed by atoms with E-state index in [1.807, 2.05) is 13.0 Å². The molecule has 3 rings (SSSR count). The lowest BCUT2D eigenvalue weighted by atomic mass is 10.2. The van der Waals surface area contributed by atoms with E-state index in [-0.39, 0.29) is 18.8 Å². The average molecular weight is 537 g/mol. The smallest absolute Gasteiger partial charge is 0.344 e. The van der Waals surface area contributed by atoms with Crippen molar-refractivity contribution >= 4 is 54.9 Å². The maximum atomic E-state index is 13.0. The lowest BCUT2D eigenvalue weighted by Gasteiger charge is -2.10. The fraction of sp³-hybridized carbons (Fsp3) is 0.238. The van der Waals surface area contributed by atoms with E-state index in [1.54, 1.807) is 37.3 Å². The number of benzene rings is 2. The van der Waals surface area contributed by atoms with Crippen LogP contribution in [0.4, 0.5) is 0 Å². The van der Waals surface area contributed by atoms with Gasteiger partial charge in [0.25, 0.3) is 5.56 Å². The number of fused-ring (bicyclic) bond motifs is 1. The van der Waals surface area contributed by atoms with Crippen molar-refractivity contribution in [3.63, 3.8) is 0 Å². The number of halogens is 2. The lowest BCUT2D eigenvalue weighted by molar-refractivity contribution is -0.145. The zero-order chi connectivity index (χ0) is 21.7. The van der Waals surface area contributed by atoms with Crippen LogP contribution in [0.5, 0.6) is 5.75 Å². The summed E-state index contributed by atoms with van der Waals surface area (Å²) >= 11 is 6.80. The number of rotatable bonds is 7. The molecule has 1 aromatic heterocycles. The highest BCUT2D eigenvalue weighted by Gasteiger charge is 2.11. The Balaban J connectivity index is 2.00. The molecule has 0 amide bonds. The fourth-order valence-electron chi connectivity index (χ4n) is 2.75. The third-order valence-electron chi connectivity index (χ3n) is 4.13. The molecule has 7 nitrogen and oxygen atoms in total. The van der Waals surface area contributed by atoms with Crippen molar-refractivity contribution in [1.82, 2.24) is 9.66 Å². The quantitative estimate of drug-likeness (QED) is 0.332. The maximum absolute atomic E-state index is 13.0. The summed E-state index contributed by atoms with van der Waals surface area (Å²) in [4.78, 5) is 29.2. The van der Waals surface area contributed by atoms with E-state index in [2.05, 4.69) is 41.9 Å². The van der Waals surface area contributed by atoms with Gasteiger partial charge in [0.05, 0.1) is 23.7 Å². The van der Waals surface area contributed by atoms with E-state index >= 15 is 0 Å². The Bertz CT molecular complexity index is 1170. The number of carbonyl (C=O) groups excluding carboxylic acids is 1. The zero-order valence-corrected chi connectivity index (χ0v) is 19.6. The van der Waals surface area contributed by atoms with Gasteiger partial charge in [0.1, 0.15) is 11.6 Å². The van der Waals surface area contributed by atoms with Crippen LogP contribution in [0.1, 0.15) is 25.2 Å². The van der Waals surface area contributed by atoms with Crippen LogP contribution in [0.3, 0.4) is 0 Å². The van der Waals surface area contributed by atoms with Crippen LogP contribution < -0.4 is 10.3 Å². The van der Waals surface area contributed by atoms with Crippen molar-refractivity contribution in [2.75, 3.05) is 13.2 Å². The SMILES string of the molecule is CCOC(=O)COc1ccc(Br)cc1C=Nn1c(CC)nc2ccc(Br)cc2c1=O. The van der Waals surface area contributed by atoms with Crippen molar-refractivity contribution < 1.29 is 14.3 Å². The van der Waals surface area contributed by atoms with E-state index in [0.29, 0.717) is 34.5 Å². The normalized spacial score (nSPS) is 11.2. The molecule has 0 radical (unpaired) electrons. The van der Waals surface area contributed by atoms with Gasteiger partial charge in [-0.1, -0.05) is 38.8 Å². The first-order valence-electron chi connectivity index (χ1n) is 9.26. The van der Waals surface area contributed by atoms with Gasteiger partial charge in [-0.05, 0) is 43.3 Å². The number of nitrogens with zero attached hydrogens (tertiary/aromatic N) is 3. The van der Waals surface area contributed by atoms with Crippen molar-refractivity contribution in [1.29, 1.82) is 0 Å². The van der Waals surface area contributed by atoms with Crippen LogP contribution in [0, 0.1) is 0 Å². The second kappa shape index (κ2) is 9.99. The number of aromatic nitrogens is 2. The summed E-state index contributed by atoms with van der Waals surface area (Å²) in [5.74, 6) is 0.518. The molecule has 0 spiro atoms. The first-order valence-corrected chi connectivity index (χ1v) is 10.8. The van der Waals surface area contributed by atoms with Crippen LogP contribution in [-0.2, 0) is 16.0 Å². The first-order chi connectivity index (χ1) is 14.4. The van der Waals surface area contributed by atoms with Gasteiger partial charge in [0, 0.05) is 20.9 Å².